The topological polar surface area (TPSA) is 343 Å². The van der Waals surface area contributed by atoms with Crippen LogP contribution >= 0.6 is 7.82 Å². The Morgan fingerprint density at radius 2 is 1.35 bits per heavy atom. The van der Waals surface area contributed by atoms with Gasteiger partial charge < -0.3 is 54.8 Å². The molecule has 0 saturated carbocycles. The third kappa shape index (κ3) is 21.5. The first kappa shape index (κ1) is 61.3. The molecule has 0 radical (unpaired) electrons. The lowest BCUT2D eigenvalue weighted by atomic mass is 10.1. The maximum Gasteiger partial charge on any atom is 0.475 e. The summed E-state index contributed by atoms with van der Waals surface area (Å²) in [7, 11) is -4.95. The quantitative estimate of drug-likeness (QED) is 0.0229. The van der Waals surface area contributed by atoms with Crippen molar-refractivity contribution in [2.24, 2.45) is 0 Å². The molecule has 0 aliphatic carbocycles. The molecule has 1 aromatic heterocycles. The number of anilines is 1. The molecule has 1 fully saturated rings. The molecule has 2 heterocycles. The molecule has 1 saturated heterocycles. The number of nitrogens with zero attached hydrogens (tertiary/aromatic N) is 2. The van der Waals surface area contributed by atoms with Crippen LogP contribution in [0.2, 0.25) is 0 Å². The van der Waals surface area contributed by atoms with Gasteiger partial charge in [0.2, 0.25) is 11.8 Å². The van der Waals surface area contributed by atoms with Gasteiger partial charge in [-0.05, 0) is 29.3 Å². The zero-order valence-corrected chi connectivity index (χ0v) is 42.7. The molecule has 7 atom stereocenters. The van der Waals surface area contributed by atoms with Gasteiger partial charge in [-0.2, -0.15) is 4.98 Å². The summed E-state index contributed by atoms with van der Waals surface area (Å²) in [6.45, 7) is 11.3. The Kier molecular flexibility index (Phi) is 25.1. The molecule has 0 spiro atoms. The van der Waals surface area contributed by atoms with Gasteiger partial charge in [-0.15, -0.1) is 6.58 Å². The molecule has 5 N–H and O–H groups in total. The summed E-state index contributed by atoms with van der Waals surface area (Å²) < 4.78 is 69.1. The molecule has 2 aromatic carbocycles. The molecular weight excluding hydrogens is 1040 g/mol. The zero-order chi connectivity index (χ0) is 56.3. The fourth-order valence-electron chi connectivity index (χ4n) is 6.63. The van der Waals surface area contributed by atoms with Crippen molar-refractivity contribution in [3.63, 3.8) is 0 Å². The predicted molar refractivity (Wildman–Crippen MR) is 269 cm³/mol. The average Bonchev–Trinajstić information content (AvgIpc) is 3.79. The minimum atomic E-state index is -4.95. The maximum atomic E-state index is 14.3. The highest BCUT2D eigenvalue weighted by atomic mass is 31.2. The summed E-state index contributed by atoms with van der Waals surface area (Å²) in [5, 5.41) is 6.74. The number of ether oxygens (including phenoxy) is 7. The number of amides is 3. The number of esters is 5. The summed E-state index contributed by atoms with van der Waals surface area (Å²) in [4.78, 5) is 121. The van der Waals surface area contributed by atoms with E-state index in [0.717, 1.165) is 23.1 Å². The number of benzene rings is 2. The molecule has 414 valence electrons. The largest absolute Gasteiger partial charge is 0.475 e. The van der Waals surface area contributed by atoms with Crippen LogP contribution in [0.3, 0.4) is 0 Å². The van der Waals surface area contributed by atoms with Gasteiger partial charge in [0.15, 0.2) is 0 Å². The average molecular weight is 1100 g/mol. The summed E-state index contributed by atoms with van der Waals surface area (Å²) in [6, 6.07) is 10.4. The van der Waals surface area contributed by atoms with Crippen molar-refractivity contribution in [1.82, 2.24) is 25.5 Å². The monoisotopic (exact) mass is 1090 g/mol. The van der Waals surface area contributed by atoms with Crippen molar-refractivity contribution in [2.75, 3.05) is 45.4 Å². The number of hydrogen-bond donors (Lipinski definition) is 4. The number of carbonyl (C=O) groups is 8. The van der Waals surface area contributed by atoms with Crippen LogP contribution in [0.1, 0.15) is 43.5 Å². The van der Waals surface area contributed by atoms with Crippen LogP contribution in [0.4, 0.5) is 10.6 Å². The van der Waals surface area contributed by atoms with Crippen LogP contribution < -0.4 is 32.1 Å². The van der Waals surface area contributed by atoms with Gasteiger partial charge in [0.1, 0.15) is 74.6 Å². The van der Waals surface area contributed by atoms with E-state index in [4.69, 9.17) is 52.5 Å². The Hall–Kier alpha value is -8.29. The summed E-state index contributed by atoms with van der Waals surface area (Å²) in [5.41, 5.74) is 5.97. The van der Waals surface area contributed by atoms with E-state index in [2.05, 4.69) is 47.3 Å². The minimum Gasteiger partial charge on any atom is -0.461 e. The fourth-order valence-corrected chi connectivity index (χ4v) is 7.81. The molecule has 77 heavy (non-hydrogen) atoms. The lowest BCUT2D eigenvalue weighted by Gasteiger charge is -2.26. The van der Waals surface area contributed by atoms with Gasteiger partial charge in [0, 0.05) is 19.5 Å². The van der Waals surface area contributed by atoms with Crippen LogP contribution in [-0.4, -0.2) is 127 Å². The Labute approximate surface area is 441 Å². The summed E-state index contributed by atoms with van der Waals surface area (Å²) >= 11 is 0. The van der Waals surface area contributed by atoms with E-state index in [1.807, 2.05) is 6.07 Å². The summed E-state index contributed by atoms with van der Waals surface area (Å²) in [5.74, 6) is -6.95. The van der Waals surface area contributed by atoms with Crippen LogP contribution in [0.15, 0.2) is 122 Å². The van der Waals surface area contributed by atoms with E-state index in [0.29, 0.717) is 5.56 Å². The number of hydrogen-bond acceptors (Lipinski definition) is 22. The highest BCUT2D eigenvalue weighted by Crippen LogP contribution is 2.50. The second-order valence-electron chi connectivity index (χ2n) is 16.1. The highest BCUT2D eigenvalue weighted by molar-refractivity contribution is 7.48. The molecule has 27 heteroatoms. The van der Waals surface area contributed by atoms with Crippen LogP contribution in [0.25, 0.3) is 0 Å². The van der Waals surface area contributed by atoms with Crippen molar-refractivity contribution in [3.05, 3.63) is 139 Å². The van der Waals surface area contributed by atoms with Crippen molar-refractivity contribution in [2.45, 2.75) is 75.8 Å². The minimum absolute atomic E-state index is 0.0200. The Morgan fingerprint density at radius 3 is 1.97 bits per heavy atom. The first-order chi connectivity index (χ1) is 36.8. The molecule has 3 amide bonds. The van der Waals surface area contributed by atoms with E-state index in [-0.39, 0.29) is 44.2 Å². The Morgan fingerprint density at radius 1 is 0.740 bits per heavy atom. The first-order valence-electron chi connectivity index (χ1n) is 23.4. The Bertz CT molecular complexity index is 2680. The third-order valence-corrected chi connectivity index (χ3v) is 11.6. The van der Waals surface area contributed by atoms with Crippen molar-refractivity contribution >= 4 is 61.4 Å². The number of phosphoric ester groups is 1. The van der Waals surface area contributed by atoms with Crippen LogP contribution in [0, 0.1) is 0 Å². The van der Waals surface area contributed by atoms with Gasteiger partial charge in [-0.25, -0.2) is 18.9 Å². The number of nitrogen functional groups attached to an aromatic ring is 1. The molecule has 1 aliphatic heterocycles. The van der Waals surface area contributed by atoms with Crippen molar-refractivity contribution < 1.29 is 89.7 Å². The number of alkyl carbamates (subject to hydrolysis) is 1. The normalized spacial score (nSPS) is 16.5. The van der Waals surface area contributed by atoms with Gasteiger partial charge in [0.25, 0.3) is 0 Å². The fraction of sp³-hybridized carbons (Fsp3) is 0.360. The van der Waals surface area contributed by atoms with E-state index in [1.54, 1.807) is 24.3 Å². The van der Waals surface area contributed by atoms with Gasteiger partial charge in [-0.1, -0.05) is 86.5 Å². The molecule has 26 nitrogen and oxygen atoms in total. The van der Waals surface area contributed by atoms with Crippen molar-refractivity contribution in [3.8, 4) is 5.75 Å². The molecule has 4 rings (SSSR count). The Balaban J connectivity index is 1.59. The van der Waals surface area contributed by atoms with Gasteiger partial charge in [-0.3, -0.25) is 46.9 Å². The second kappa shape index (κ2) is 31.6. The van der Waals surface area contributed by atoms with E-state index in [1.165, 1.54) is 54.8 Å². The zero-order valence-electron chi connectivity index (χ0n) is 41.8. The van der Waals surface area contributed by atoms with E-state index >= 15 is 0 Å². The number of carbonyl (C=O) groups excluding carboxylic acids is 8. The second-order valence-corrected chi connectivity index (χ2v) is 17.8. The smallest absolute Gasteiger partial charge is 0.461 e. The van der Waals surface area contributed by atoms with Crippen molar-refractivity contribution in [1.29, 1.82) is 0 Å². The number of phosphoric acid groups is 1. The number of rotatable bonds is 32. The third-order valence-electron chi connectivity index (χ3n) is 10.2. The molecule has 0 bridgehead atoms. The standard InChI is InChI=1S/C50H59N6O20P/c1-6-21-67-43(58)26-36(54-50(65)70-29-34-15-17-35(18-16-34)75-45(60)25-33-13-11-10-12-14-33)46(61)53-38(47(62)52-37(48(63)69-23-8-3)27-44(59)68-22-7-2)30-72-77(66,71-24-9-4)73-31-40-39(74-32(5)57)28-42(76-40)56-20-19-41(51)55-49(56)64/h6-20,36-40,42H,1-4,21-31H2,5H3,(H,52,62)(H,53,61)(H,54,65)(H2,51,55,64)/t36-,37-,38-,39-,40+,42+,77?/m0/s1. The lowest BCUT2D eigenvalue weighted by Crippen LogP contribution is -2.57. The molecule has 1 unspecified atom stereocenters. The molecule has 3 aromatic rings. The lowest BCUT2D eigenvalue weighted by molar-refractivity contribution is -0.152. The number of nitrogens with one attached hydrogen (secondary N) is 3. The van der Waals surface area contributed by atoms with E-state index < -0.39 is 137 Å². The highest BCUT2D eigenvalue weighted by Gasteiger charge is 2.42. The van der Waals surface area contributed by atoms with Gasteiger partial charge >= 0.3 is 49.5 Å². The van der Waals surface area contributed by atoms with Crippen LogP contribution in [-0.2, 0) is 93.1 Å². The number of nitrogens with two attached hydrogens (primary N) is 1. The van der Waals surface area contributed by atoms with Crippen LogP contribution in [0.5, 0.6) is 5.75 Å². The number of aromatic nitrogens is 2. The maximum absolute atomic E-state index is 14.3. The van der Waals surface area contributed by atoms with Gasteiger partial charge in [0.05, 0.1) is 39.1 Å². The SMILES string of the molecule is C=CCOC(=O)C[C@H](NC(=O)OCc1ccc(OC(=O)Cc2ccccc2)cc1)C(=O)N[C@@H](COP(=O)(OCC=C)OC[C@H]1O[C@@H](n2ccc(N)nc2=O)C[C@@H]1OC(C)=O)C(=O)N[C@@H](CC(=O)OCC=C)C(=O)OCC=C. The molecule has 1 aliphatic rings. The predicted octanol–water partition coefficient (Wildman–Crippen LogP) is 2.77. The summed E-state index contributed by atoms with van der Waals surface area (Å²) in [6.07, 6.45) is -0.382. The first-order valence-corrected chi connectivity index (χ1v) is 24.8. The molecular formula is C50H59N6O20P. The van der Waals surface area contributed by atoms with E-state index in [9.17, 15) is 47.7 Å².